The summed E-state index contributed by atoms with van der Waals surface area (Å²) < 4.78 is 35.2. The number of nitrogens with one attached hydrogen (secondary N) is 2. The maximum Gasteiger partial charge on any atom is 0.251 e. The van der Waals surface area contributed by atoms with Crippen molar-refractivity contribution in [3.05, 3.63) is 53.6 Å². The Morgan fingerprint density at radius 2 is 1.65 bits per heavy atom. The molecule has 0 unspecified atom stereocenters. The van der Waals surface area contributed by atoms with Crippen molar-refractivity contribution in [1.82, 2.24) is 5.32 Å². The summed E-state index contributed by atoms with van der Waals surface area (Å²) in [6.07, 6.45) is 1.71. The van der Waals surface area contributed by atoms with Crippen LogP contribution in [-0.2, 0) is 16.4 Å². The molecular formula is C18H22N2O5S. The first-order valence-corrected chi connectivity index (χ1v) is 9.78. The first-order valence-electron chi connectivity index (χ1n) is 7.89. The summed E-state index contributed by atoms with van der Waals surface area (Å²) in [6.45, 7) is 0.456. The molecule has 26 heavy (non-hydrogen) atoms. The number of rotatable bonds is 8. The van der Waals surface area contributed by atoms with E-state index in [1.54, 1.807) is 38.5 Å². The summed E-state index contributed by atoms with van der Waals surface area (Å²) in [5.74, 6) is 1.07. The topological polar surface area (TPSA) is 93.7 Å². The quantitative estimate of drug-likeness (QED) is 0.733. The zero-order chi connectivity index (χ0) is 19.2. The van der Waals surface area contributed by atoms with Crippen LogP contribution in [-0.4, -0.2) is 41.3 Å². The maximum atomic E-state index is 12.2. The third-order valence-corrected chi connectivity index (χ3v) is 4.20. The molecule has 7 nitrogen and oxygen atoms in total. The van der Waals surface area contributed by atoms with Gasteiger partial charge in [-0.3, -0.25) is 9.52 Å². The van der Waals surface area contributed by atoms with Gasteiger partial charge < -0.3 is 14.8 Å². The summed E-state index contributed by atoms with van der Waals surface area (Å²) in [7, 11) is -0.183. The van der Waals surface area contributed by atoms with Gasteiger partial charge in [0.05, 0.1) is 20.5 Å². The van der Waals surface area contributed by atoms with Crippen molar-refractivity contribution in [3.8, 4) is 11.5 Å². The first kappa shape index (κ1) is 19.6. The molecule has 0 heterocycles. The van der Waals surface area contributed by atoms with Crippen LogP contribution in [0.4, 0.5) is 5.69 Å². The van der Waals surface area contributed by atoms with Gasteiger partial charge in [0.2, 0.25) is 10.0 Å². The lowest BCUT2D eigenvalue weighted by atomic mass is 10.1. The van der Waals surface area contributed by atoms with Crippen molar-refractivity contribution in [2.24, 2.45) is 0 Å². The number of hydrogen-bond donors (Lipinski definition) is 2. The zero-order valence-corrected chi connectivity index (χ0v) is 15.7. The van der Waals surface area contributed by atoms with E-state index < -0.39 is 10.0 Å². The Kier molecular flexibility index (Phi) is 6.46. The highest BCUT2D eigenvalue weighted by Crippen LogP contribution is 2.27. The van der Waals surface area contributed by atoms with Gasteiger partial charge in [-0.05, 0) is 48.4 Å². The van der Waals surface area contributed by atoms with Crippen molar-refractivity contribution < 1.29 is 22.7 Å². The molecule has 0 aromatic heterocycles. The summed E-state index contributed by atoms with van der Waals surface area (Å²) in [5.41, 5.74) is 1.88. The molecule has 140 valence electrons. The Labute approximate surface area is 153 Å². The van der Waals surface area contributed by atoms with E-state index in [1.807, 2.05) is 18.2 Å². The van der Waals surface area contributed by atoms with Crippen LogP contribution in [0, 0.1) is 0 Å². The van der Waals surface area contributed by atoms with Crippen LogP contribution in [0.25, 0.3) is 0 Å². The summed E-state index contributed by atoms with van der Waals surface area (Å²) >= 11 is 0. The number of ether oxygens (including phenoxy) is 2. The minimum Gasteiger partial charge on any atom is -0.493 e. The summed E-state index contributed by atoms with van der Waals surface area (Å²) in [5, 5.41) is 2.83. The van der Waals surface area contributed by atoms with E-state index in [1.165, 1.54) is 0 Å². The zero-order valence-electron chi connectivity index (χ0n) is 14.9. The molecule has 1 amide bonds. The standard InChI is InChI=1S/C18H22N2O5S/c1-24-16-9-4-13(12-17(16)25-2)10-11-19-18(21)14-5-7-15(8-6-14)20-26(3,22)23/h4-9,12,20H,10-11H2,1-3H3,(H,19,21). The van der Waals surface area contributed by atoms with Gasteiger partial charge in [0.25, 0.3) is 5.91 Å². The Morgan fingerprint density at radius 3 is 2.23 bits per heavy atom. The van der Waals surface area contributed by atoms with Crippen molar-refractivity contribution in [2.75, 3.05) is 31.7 Å². The van der Waals surface area contributed by atoms with E-state index in [9.17, 15) is 13.2 Å². The van der Waals surface area contributed by atoms with Crippen molar-refractivity contribution in [1.29, 1.82) is 0 Å². The Balaban J connectivity index is 1.90. The lowest BCUT2D eigenvalue weighted by Crippen LogP contribution is -2.25. The molecule has 8 heteroatoms. The summed E-state index contributed by atoms with van der Waals surface area (Å²) in [4.78, 5) is 12.2. The molecular weight excluding hydrogens is 356 g/mol. The van der Waals surface area contributed by atoms with Gasteiger partial charge >= 0.3 is 0 Å². The molecule has 2 rings (SSSR count). The number of carbonyl (C=O) groups is 1. The fourth-order valence-corrected chi connectivity index (χ4v) is 2.93. The number of sulfonamides is 1. The molecule has 0 radical (unpaired) electrons. The largest absolute Gasteiger partial charge is 0.493 e. The Morgan fingerprint density at radius 1 is 1.00 bits per heavy atom. The van der Waals surface area contributed by atoms with Crippen LogP contribution in [0.1, 0.15) is 15.9 Å². The monoisotopic (exact) mass is 378 g/mol. The number of benzene rings is 2. The van der Waals surface area contributed by atoms with Crippen LogP contribution < -0.4 is 19.5 Å². The lowest BCUT2D eigenvalue weighted by Gasteiger charge is -2.10. The molecule has 0 saturated heterocycles. The second-order valence-corrected chi connectivity index (χ2v) is 7.40. The molecule has 2 N–H and O–H groups in total. The van der Waals surface area contributed by atoms with Crippen molar-refractivity contribution in [3.63, 3.8) is 0 Å². The van der Waals surface area contributed by atoms with Crippen LogP contribution in [0.5, 0.6) is 11.5 Å². The van der Waals surface area contributed by atoms with Gasteiger partial charge in [-0.25, -0.2) is 8.42 Å². The molecule has 2 aromatic carbocycles. The Bertz CT molecular complexity index is 864. The summed E-state index contributed by atoms with van der Waals surface area (Å²) in [6, 6.07) is 11.8. The van der Waals surface area contributed by atoms with Crippen molar-refractivity contribution in [2.45, 2.75) is 6.42 Å². The van der Waals surface area contributed by atoms with Crippen LogP contribution in [0.2, 0.25) is 0 Å². The maximum absolute atomic E-state index is 12.2. The fourth-order valence-electron chi connectivity index (χ4n) is 2.36. The van der Waals surface area contributed by atoms with Gasteiger partial charge in [-0.15, -0.1) is 0 Å². The highest BCUT2D eigenvalue weighted by molar-refractivity contribution is 7.92. The van der Waals surface area contributed by atoms with Gasteiger partial charge in [-0.2, -0.15) is 0 Å². The molecule has 0 aliphatic heterocycles. The van der Waals surface area contributed by atoms with Crippen LogP contribution in [0.15, 0.2) is 42.5 Å². The van der Waals surface area contributed by atoms with E-state index >= 15 is 0 Å². The van der Waals surface area contributed by atoms with Gasteiger partial charge in [0, 0.05) is 17.8 Å². The molecule has 0 bridgehead atoms. The number of methoxy groups -OCH3 is 2. The molecule has 0 aliphatic carbocycles. The molecule has 0 fully saturated rings. The van der Waals surface area contributed by atoms with E-state index in [4.69, 9.17) is 9.47 Å². The molecule has 0 spiro atoms. The van der Waals surface area contributed by atoms with E-state index in [2.05, 4.69) is 10.0 Å². The third kappa shape index (κ3) is 5.66. The molecule has 0 aliphatic rings. The Hall–Kier alpha value is -2.74. The highest BCUT2D eigenvalue weighted by Gasteiger charge is 2.08. The average molecular weight is 378 g/mol. The number of anilines is 1. The lowest BCUT2D eigenvalue weighted by molar-refractivity contribution is 0.0954. The van der Waals surface area contributed by atoms with Crippen LogP contribution in [0.3, 0.4) is 0 Å². The molecule has 0 atom stereocenters. The molecule has 2 aromatic rings. The fraction of sp³-hybridized carbons (Fsp3) is 0.278. The van der Waals surface area contributed by atoms with E-state index in [0.717, 1.165) is 11.8 Å². The van der Waals surface area contributed by atoms with Crippen molar-refractivity contribution >= 4 is 21.6 Å². The first-order chi connectivity index (χ1) is 12.3. The average Bonchev–Trinajstić information content (AvgIpc) is 2.60. The molecule has 0 saturated carbocycles. The number of carbonyl (C=O) groups excluding carboxylic acids is 1. The van der Waals surface area contributed by atoms with Crippen LogP contribution >= 0.6 is 0 Å². The second kappa shape index (κ2) is 8.57. The van der Waals surface area contributed by atoms with Gasteiger partial charge in [0.1, 0.15) is 0 Å². The van der Waals surface area contributed by atoms with Gasteiger partial charge in [0.15, 0.2) is 11.5 Å². The van der Waals surface area contributed by atoms with E-state index in [0.29, 0.717) is 35.7 Å². The second-order valence-electron chi connectivity index (χ2n) is 5.65. The minimum atomic E-state index is -3.34. The highest BCUT2D eigenvalue weighted by atomic mass is 32.2. The van der Waals surface area contributed by atoms with E-state index in [-0.39, 0.29) is 5.91 Å². The smallest absolute Gasteiger partial charge is 0.251 e. The normalized spacial score (nSPS) is 10.9. The predicted octanol–water partition coefficient (Wildman–Crippen LogP) is 2.05. The van der Waals surface area contributed by atoms with Gasteiger partial charge in [-0.1, -0.05) is 6.07 Å². The third-order valence-electron chi connectivity index (χ3n) is 3.60. The minimum absolute atomic E-state index is 0.226. The predicted molar refractivity (Wildman–Crippen MR) is 100 cm³/mol. The number of hydrogen-bond acceptors (Lipinski definition) is 5. The SMILES string of the molecule is COc1ccc(CCNC(=O)c2ccc(NS(C)(=O)=O)cc2)cc1OC. The number of amides is 1.